The fraction of sp³-hybridized carbons (Fsp3) is 0.375. The number of ether oxygens (including phenoxy) is 1. The Balaban J connectivity index is 1.58. The summed E-state index contributed by atoms with van der Waals surface area (Å²) in [6.45, 7) is 1.26. The molecule has 1 saturated heterocycles. The van der Waals surface area contributed by atoms with E-state index in [-0.39, 0.29) is 17.3 Å². The number of fused-ring (bicyclic) bond motifs is 1. The first kappa shape index (κ1) is 16.5. The lowest BCUT2D eigenvalue weighted by Crippen LogP contribution is -2.38. The van der Waals surface area contributed by atoms with Gasteiger partial charge >= 0.3 is 5.97 Å². The molecule has 8 heteroatoms. The van der Waals surface area contributed by atoms with Crippen LogP contribution >= 0.6 is 0 Å². The van der Waals surface area contributed by atoms with Gasteiger partial charge in [0.2, 0.25) is 5.76 Å². The van der Waals surface area contributed by atoms with Crippen LogP contribution in [0.5, 0.6) is 0 Å². The van der Waals surface area contributed by atoms with Crippen molar-refractivity contribution in [2.45, 2.75) is 19.4 Å². The predicted octanol–water partition coefficient (Wildman–Crippen LogP) is 1.20. The van der Waals surface area contributed by atoms with Crippen LogP contribution in [0.4, 0.5) is 0 Å². The quantitative estimate of drug-likeness (QED) is 0.831. The molecule has 0 unspecified atom stereocenters. The average molecular weight is 351 g/mol. The summed E-state index contributed by atoms with van der Waals surface area (Å²) in [6, 6.07) is 6.78. The van der Waals surface area contributed by atoms with E-state index in [0.717, 1.165) is 5.39 Å². The SMILES string of the molecule is Cc1c(C(=O)OCC(=O)N[C@H]2CCS(=O)(=O)C2)oc2ccccc12. The third-order valence-electron chi connectivity index (χ3n) is 3.96. The standard InChI is InChI=1S/C16H17NO6S/c1-10-12-4-2-3-5-13(12)23-15(10)16(19)22-8-14(18)17-11-6-7-24(20,21)9-11/h2-5,11H,6-9H2,1H3,(H,17,18)/t11-/m0/s1. The van der Waals surface area contributed by atoms with Gasteiger partial charge in [-0.25, -0.2) is 13.2 Å². The molecular formula is C16H17NO6S. The number of carbonyl (C=O) groups excluding carboxylic acids is 2. The second-order valence-electron chi connectivity index (χ2n) is 5.80. The van der Waals surface area contributed by atoms with Crippen LogP contribution in [-0.4, -0.2) is 44.4 Å². The molecule has 0 aliphatic carbocycles. The van der Waals surface area contributed by atoms with Crippen LogP contribution in [0.25, 0.3) is 11.0 Å². The average Bonchev–Trinajstić information content (AvgIpc) is 3.05. The van der Waals surface area contributed by atoms with Crippen molar-refractivity contribution in [1.29, 1.82) is 0 Å². The number of amides is 1. The molecule has 128 valence electrons. The Hall–Kier alpha value is -2.35. The number of para-hydroxylation sites is 1. The lowest BCUT2D eigenvalue weighted by atomic mass is 10.1. The summed E-state index contributed by atoms with van der Waals surface area (Å²) >= 11 is 0. The van der Waals surface area contributed by atoms with Crippen LogP contribution < -0.4 is 5.32 Å². The molecule has 1 amide bonds. The van der Waals surface area contributed by atoms with Crippen molar-refractivity contribution in [2.24, 2.45) is 0 Å². The van der Waals surface area contributed by atoms with Gasteiger partial charge in [-0.3, -0.25) is 4.79 Å². The molecule has 2 aromatic rings. The molecule has 0 spiro atoms. The zero-order chi connectivity index (χ0) is 17.3. The van der Waals surface area contributed by atoms with Gasteiger partial charge in [0.1, 0.15) is 5.58 Å². The first-order valence-corrected chi connectivity index (χ1v) is 9.33. The Kier molecular flexibility index (Phi) is 4.31. The molecule has 1 aliphatic heterocycles. The molecule has 24 heavy (non-hydrogen) atoms. The van der Waals surface area contributed by atoms with Gasteiger partial charge in [-0.2, -0.15) is 0 Å². The minimum Gasteiger partial charge on any atom is -0.450 e. The predicted molar refractivity (Wildman–Crippen MR) is 86.4 cm³/mol. The number of furan rings is 1. The van der Waals surface area contributed by atoms with E-state index in [1.807, 2.05) is 12.1 Å². The Morgan fingerprint density at radius 3 is 2.75 bits per heavy atom. The van der Waals surface area contributed by atoms with E-state index in [2.05, 4.69) is 5.32 Å². The highest BCUT2D eigenvalue weighted by atomic mass is 32.2. The van der Waals surface area contributed by atoms with E-state index in [1.54, 1.807) is 19.1 Å². The minimum atomic E-state index is -3.07. The molecule has 0 radical (unpaired) electrons. The van der Waals surface area contributed by atoms with Crippen molar-refractivity contribution in [3.8, 4) is 0 Å². The van der Waals surface area contributed by atoms with Gasteiger partial charge in [0.25, 0.3) is 5.91 Å². The number of hydrogen-bond acceptors (Lipinski definition) is 6. The Labute approximate surface area is 138 Å². The van der Waals surface area contributed by atoms with Crippen molar-refractivity contribution in [3.05, 3.63) is 35.6 Å². The molecule has 1 N–H and O–H groups in total. The maximum atomic E-state index is 12.1. The molecule has 1 atom stereocenters. The summed E-state index contributed by atoms with van der Waals surface area (Å²) in [5.74, 6) is -1.20. The normalized spacial score (nSPS) is 19.3. The summed E-state index contributed by atoms with van der Waals surface area (Å²) in [5.41, 5.74) is 1.22. The van der Waals surface area contributed by atoms with E-state index in [1.165, 1.54) is 0 Å². The summed E-state index contributed by atoms with van der Waals surface area (Å²) in [6.07, 6.45) is 0.380. The largest absolute Gasteiger partial charge is 0.450 e. The Morgan fingerprint density at radius 1 is 1.33 bits per heavy atom. The first-order chi connectivity index (χ1) is 11.4. The molecule has 2 heterocycles. The zero-order valence-electron chi connectivity index (χ0n) is 13.1. The third kappa shape index (κ3) is 3.43. The van der Waals surface area contributed by atoms with Gasteiger partial charge in [0, 0.05) is 17.0 Å². The molecule has 0 bridgehead atoms. The zero-order valence-corrected chi connectivity index (χ0v) is 13.9. The van der Waals surface area contributed by atoms with E-state index in [4.69, 9.17) is 9.15 Å². The minimum absolute atomic E-state index is 0.0624. The van der Waals surface area contributed by atoms with Crippen LogP contribution in [0.15, 0.2) is 28.7 Å². The van der Waals surface area contributed by atoms with Crippen molar-refractivity contribution < 1.29 is 27.2 Å². The van der Waals surface area contributed by atoms with Crippen molar-refractivity contribution in [1.82, 2.24) is 5.32 Å². The lowest BCUT2D eigenvalue weighted by Gasteiger charge is -2.10. The first-order valence-electron chi connectivity index (χ1n) is 7.51. The summed E-state index contributed by atoms with van der Waals surface area (Å²) in [4.78, 5) is 23.9. The summed E-state index contributed by atoms with van der Waals surface area (Å²) in [7, 11) is -3.07. The van der Waals surface area contributed by atoms with Gasteiger partial charge in [0.05, 0.1) is 11.5 Å². The molecule has 1 aromatic carbocycles. The number of nitrogens with one attached hydrogen (secondary N) is 1. The summed E-state index contributed by atoms with van der Waals surface area (Å²) in [5, 5.41) is 3.37. The van der Waals surface area contributed by atoms with E-state index >= 15 is 0 Å². The van der Waals surface area contributed by atoms with Crippen LogP contribution in [0, 0.1) is 6.92 Å². The van der Waals surface area contributed by atoms with E-state index in [0.29, 0.717) is 17.6 Å². The number of rotatable bonds is 4. The summed E-state index contributed by atoms with van der Waals surface area (Å²) < 4.78 is 33.1. The maximum Gasteiger partial charge on any atom is 0.375 e. The molecule has 1 fully saturated rings. The van der Waals surface area contributed by atoms with Crippen LogP contribution in [0.3, 0.4) is 0 Å². The van der Waals surface area contributed by atoms with E-state index < -0.39 is 34.4 Å². The number of benzene rings is 1. The van der Waals surface area contributed by atoms with Gasteiger partial charge in [0.15, 0.2) is 16.4 Å². The van der Waals surface area contributed by atoms with Crippen LogP contribution in [0.2, 0.25) is 0 Å². The molecular weight excluding hydrogens is 334 g/mol. The van der Waals surface area contributed by atoms with Gasteiger partial charge in [-0.05, 0) is 19.4 Å². The fourth-order valence-corrected chi connectivity index (χ4v) is 4.42. The van der Waals surface area contributed by atoms with Crippen molar-refractivity contribution in [3.63, 3.8) is 0 Å². The second kappa shape index (κ2) is 6.27. The van der Waals surface area contributed by atoms with Crippen molar-refractivity contribution in [2.75, 3.05) is 18.1 Å². The molecule has 1 aliphatic rings. The number of carbonyl (C=O) groups is 2. The third-order valence-corrected chi connectivity index (χ3v) is 5.73. The lowest BCUT2D eigenvalue weighted by molar-refractivity contribution is -0.124. The van der Waals surface area contributed by atoms with Gasteiger partial charge < -0.3 is 14.5 Å². The Bertz CT molecular complexity index is 898. The number of sulfone groups is 1. The molecule has 1 aromatic heterocycles. The highest BCUT2D eigenvalue weighted by Gasteiger charge is 2.29. The van der Waals surface area contributed by atoms with E-state index in [9.17, 15) is 18.0 Å². The molecule has 7 nitrogen and oxygen atoms in total. The van der Waals surface area contributed by atoms with Crippen molar-refractivity contribution >= 4 is 32.7 Å². The fourth-order valence-electron chi connectivity index (χ4n) is 2.74. The van der Waals surface area contributed by atoms with Crippen LogP contribution in [-0.2, 0) is 19.4 Å². The highest BCUT2D eigenvalue weighted by Crippen LogP contribution is 2.25. The molecule has 3 rings (SSSR count). The highest BCUT2D eigenvalue weighted by molar-refractivity contribution is 7.91. The second-order valence-corrected chi connectivity index (χ2v) is 8.02. The topological polar surface area (TPSA) is 103 Å². The van der Waals surface area contributed by atoms with Crippen LogP contribution in [0.1, 0.15) is 22.5 Å². The monoisotopic (exact) mass is 351 g/mol. The smallest absolute Gasteiger partial charge is 0.375 e. The van der Waals surface area contributed by atoms with Gasteiger partial charge in [-0.1, -0.05) is 18.2 Å². The van der Waals surface area contributed by atoms with Gasteiger partial charge in [-0.15, -0.1) is 0 Å². The Morgan fingerprint density at radius 2 is 2.08 bits per heavy atom. The number of hydrogen-bond donors (Lipinski definition) is 1. The molecule has 0 saturated carbocycles. The number of esters is 1. The maximum absolute atomic E-state index is 12.1. The number of aryl methyl sites for hydroxylation is 1.